The average molecular weight is 153 g/mol. The van der Waals surface area contributed by atoms with Crippen LogP contribution < -0.4 is 5.32 Å². The van der Waals surface area contributed by atoms with Crippen LogP contribution in [-0.2, 0) is 0 Å². The second-order valence-corrected chi connectivity index (χ2v) is 3.51. The molecule has 1 unspecified atom stereocenters. The van der Waals surface area contributed by atoms with Crippen LogP contribution in [0.2, 0.25) is 0 Å². The Morgan fingerprint density at radius 3 is 2.82 bits per heavy atom. The van der Waals surface area contributed by atoms with Gasteiger partial charge in [-0.05, 0) is 38.6 Å². The molecule has 1 nitrogen and oxygen atoms in total. The van der Waals surface area contributed by atoms with Gasteiger partial charge in [-0.3, -0.25) is 0 Å². The molecule has 0 amide bonds. The van der Waals surface area contributed by atoms with E-state index in [1.165, 1.54) is 19.3 Å². The third kappa shape index (κ3) is 2.66. The topological polar surface area (TPSA) is 12.0 Å². The third-order valence-electron chi connectivity index (χ3n) is 2.67. The molecule has 1 saturated carbocycles. The molecule has 0 aromatic carbocycles. The summed E-state index contributed by atoms with van der Waals surface area (Å²) in [7, 11) is 0. The SMILES string of the molecule is C=CCCNC(C)C1CCC1. The van der Waals surface area contributed by atoms with Crippen molar-refractivity contribution in [3.63, 3.8) is 0 Å². The molecule has 0 aliphatic heterocycles. The molecule has 0 bridgehead atoms. The monoisotopic (exact) mass is 153 g/mol. The van der Waals surface area contributed by atoms with Crippen molar-refractivity contribution in [2.24, 2.45) is 5.92 Å². The molecule has 0 heterocycles. The molecule has 0 saturated heterocycles. The zero-order valence-electron chi connectivity index (χ0n) is 7.47. The van der Waals surface area contributed by atoms with Crippen LogP contribution in [0.5, 0.6) is 0 Å². The smallest absolute Gasteiger partial charge is 0.00671 e. The Bertz CT molecular complexity index is 116. The predicted molar refractivity (Wildman–Crippen MR) is 49.6 cm³/mol. The van der Waals surface area contributed by atoms with E-state index in [1.54, 1.807) is 0 Å². The molecule has 1 aliphatic rings. The first-order chi connectivity index (χ1) is 5.34. The molecule has 0 spiro atoms. The van der Waals surface area contributed by atoms with Crippen LogP contribution in [0.1, 0.15) is 32.6 Å². The highest BCUT2D eigenvalue weighted by Crippen LogP contribution is 2.29. The molecule has 1 atom stereocenters. The quantitative estimate of drug-likeness (QED) is 0.472. The maximum Gasteiger partial charge on any atom is 0.00671 e. The molecular weight excluding hydrogens is 134 g/mol. The Labute approximate surface area is 69.9 Å². The van der Waals surface area contributed by atoms with E-state index in [0.717, 1.165) is 24.9 Å². The Balaban J connectivity index is 2.00. The van der Waals surface area contributed by atoms with E-state index in [2.05, 4.69) is 18.8 Å². The molecule has 1 fully saturated rings. The minimum atomic E-state index is 0.726. The summed E-state index contributed by atoms with van der Waals surface area (Å²) in [5, 5.41) is 3.51. The highest BCUT2D eigenvalue weighted by Gasteiger charge is 2.22. The van der Waals surface area contributed by atoms with Crippen LogP contribution in [-0.4, -0.2) is 12.6 Å². The normalized spacial score (nSPS) is 20.8. The van der Waals surface area contributed by atoms with Crippen LogP contribution >= 0.6 is 0 Å². The van der Waals surface area contributed by atoms with Crippen LogP contribution in [0.25, 0.3) is 0 Å². The molecule has 1 heteroatoms. The molecule has 0 aromatic rings. The van der Waals surface area contributed by atoms with Gasteiger partial charge >= 0.3 is 0 Å². The van der Waals surface area contributed by atoms with Crippen molar-refractivity contribution in [2.45, 2.75) is 38.6 Å². The van der Waals surface area contributed by atoms with Gasteiger partial charge in [0.05, 0.1) is 0 Å². The first-order valence-electron chi connectivity index (χ1n) is 4.69. The summed E-state index contributed by atoms with van der Waals surface area (Å²) >= 11 is 0. The van der Waals surface area contributed by atoms with E-state index < -0.39 is 0 Å². The zero-order valence-corrected chi connectivity index (χ0v) is 7.47. The molecule has 11 heavy (non-hydrogen) atoms. The summed E-state index contributed by atoms with van der Waals surface area (Å²) in [5.41, 5.74) is 0. The van der Waals surface area contributed by atoms with Crippen molar-refractivity contribution in [3.05, 3.63) is 12.7 Å². The summed E-state index contributed by atoms with van der Waals surface area (Å²) in [6, 6.07) is 0.726. The predicted octanol–water partition coefficient (Wildman–Crippen LogP) is 2.34. The third-order valence-corrected chi connectivity index (χ3v) is 2.67. The van der Waals surface area contributed by atoms with Crippen LogP contribution in [0.4, 0.5) is 0 Å². The number of hydrogen-bond acceptors (Lipinski definition) is 1. The number of rotatable bonds is 5. The molecule has 0 radical (unpaired) electrons. The van der Waals surface area contributed by atoms with E-state index in [1.807, 2.05) is 6.08 Å². The van der Waals surface area contributed by atoms with Gasteiger partial charge in [-0.25, -0.2) is 0 Å². The van der Waals surface area contributed by atoms with Crippen LogP contribution in [0, 0.1) is 5.92 Å². The summed E-state index contributed by atoms with van der Waals surface area (Å²) in [6.45, 7) is 7.09. The fourth-order valence-corrected chi connectivity index (χ4v) is 1.52. The second kappa shape index (κ2) is 4.55. The Morgan fingerprint density at radius 1 is 1.64 bits per heavy atom. The summed E-state index contributed by atoms with van der Waals surface area (Å²) in [6.07, 6.45) is 7.38. The molecule has 0 aromatic heterocycles. The molecule has 1 aliphatic carbocycles. The van der Waals surface area contributed by atoms with E-state index in [-0.39, 0.29) is 0 Å². The lowest BCUT2D eigenvalue weighted by Gasteiger charge is -2.31. The van der Waals surface area contributed by atoms with E-state index in [4.69, 9.17) is 0 Å². The van der Waals surface area contributed by atoms with E-state index in [9.17, 15) is 0 Å². The zero-order chi connectivity index (χ0) is 8.10. The van der Waals surface area contributed by atoms with E-state index >= 15 is 0 Å². The molecule has 1 N–H and O–H groups in total. The fourth-order valence-electron chi connectivity index (χ4n) is 1.52. The van der Waals surface area contributed by atoms with Crippen molar-refractivity contribution >= 4 is 0 Å². The van der Waals surface area contributed by atoms with Gasteiger partial charge in [-0.15, -0.1) is 6.58 Å². The lowest BCUT2D eigenvalue weighted by atomic mass is 9.80. The maximum atomic E-state index is 3.70. The van der Waals surface area contributed by atoms with Crippen molar-refractivity contribution in [2.75, 3.05) is 6.54 Å². The standard InChI is InChI=1S/C10H19N/c1-3-4-8-11-9(2)10-6-5-7-10/h3,9-11H,1,4-8H2,2H3. The highest BCUT2D eigenvalue weighted by molar-refractivity contribution is 4.80. The van der Waals surface area contributed by atoms with Crippen LogP contribution in [0.3, 0.4) is 0 Å². The average Bonchev–Trinajstić information content (AvgIpc) is 1.84. The first kappa shape index (κ1) is 8.79. The van der Waals surface area contributed by atoms with Gasteiger partial charge in [0.1, 0.15) is 0 Å². The van der Waals surface area contributed by atoms with Gasteiger partial charge in [-0.1, -0.05) is 12.5 Å². The summed E-state index contributed by atoms with van der Waals surface area (Å²) in [4.78, 5) is 0. The number of hydrogen-bond donors (Lipinski definition) is 1. The second-order valence-electron chi connectivity index (χ2n) is 3.51. The van der Waals surface area contributed by atoms with Gasteiger partial charge in [0.15, 0.2) is 0 Å². The van der Waals surface area contributed by atoms with Crippen molar-refractivity contribution in [1.82, 2.24) is 5.32 Å². The van der Waals surface area contributed by atoms with Crippen LogP contribution in [0.15, 0.2) is 12.7 Å². The van der Waals surface area contributed by atoms with Crippen molar-refractivity contribution < 1.29 is 0 Å². The van der Waals surface area contributed by atoms with Gasteiger partial charge in [0, 0.05) is 6.04 Å². The molecular formula is C10H19N. The van der Waals surface area contributed by atoms with Gasteiger partial charge in [0.25, 0.3) is 0 Å². The van der Waals surface area contributed by atoms with Gasteiger partial charge < -0.3 is 5.32 Å². The van der Waals surface area contributed by atoms with E-state index in [0.29, 0.717) is 0 Å². The maximum absolute atomic E-state index is 3.70. The lowest BCUT2D eigenvalue weighted by molar-refractivity contribution is 0.242. The van der Waals surface area contributed by atoms with Gasteiger partial charge in [0.2, 0.25) is 0 Å². The highest BCUT2D eigenvalue weighted by atomic mass is 14.9. The fraction of sp³-hybridized carbons (Fsp3) is 0.800. The van der Waals surface area contributed by atoms with Gasteiger partial charge in [-0.2, -0.15) is 0 Å². The lowest BCUT2D eigenvalue weighted by Crippen LogP contribution is -2.37. The Hall–Kier alpha value is -0.300. The number of nitrogens with one attached hydrogen (secondary N) is 1. The summed E-state index contributed by atoms with van der Waals surface area (Å²) < 4.78 is 0. The Morgan fingerprint density at radius 2 is 2.36 bits per heavy atom. The largest absolute Gasteiger partial charge is 0.314 e. The molecule has 1 rings (SSSR count). The minimum Gasteiger partial charge on any atom is -0.314 e. The summed E-state index contributed by atoms with van der Waals surface area (Å²) in [5.74, 6) is 0.958. The van der Waals surface area contributed by atoms with Crippen molar-refractivity contribution in [1.29, 1.82) is 0 Å². The first-order valence-corrected chi connectivity index (χ1v) is 4.69. The van der Waals surface area contributed by atoms with Crippen molar-refractivity contribution in [3.8, 4) is 0 Å². The Kier molecular flexibility index (Phi) is 3.64. The minimum absolute atomic E-state index is 0.726. The molecule has 64 valence electrons.